The molecule has 0 saturated carbocycles. The first-order valence-electron chi connectivity index (χ1n) is 9.96. The van der Waals surface area contributed by atoms with Gasteiger partial charge in [0.05, 0.1) is 5.75 Å². The van der Waals surface area contributed by atoms with Crippen molar-refractivity contribution in [1.29, 1.82) is 0 Å². The van der Waals surface area contributed by atoms with E-state index in [0.717, 1.165) is 22.4 Å². The first-order valence-corrected chi connectivity index (χ1v) is 11.3. The molecule has 32 heavy (non-hydrogen) atoms. The van der Waals surface area contributed by atoms with Gasteiger partial charge in [-0.2, -0.15) is 4.98 Å². The molecule has 0 spiro atoms. The van der Waals surface area contributed by atoms with Crippen LogP contribution in [0.25, 0.3) is 11.4 Å². The van der Waals surface area contributed by atoms with E-state index in [-0.39, 0.29) is 12.3 Å². The van der Waals surface area contributed by atoms with Crippen LogP contribution in [0, 0.1) is 13.8 Å². The van der Waals surface area contributed by atoms with E-state index < -0.39 is 0 Å². The summed E-state index contributed by atoms with van der Waals surface area (Å²) in [5, 5.41) is 15.3. The largest absolute Gasteiger partial charge is 0.339 e. The number of aryl methyl sites for hydroxylation is 3. The summed E-state index contributed by atoms with van der Waals surface area (Å²) in [5.41, 5.74) is 3.83. The quantitative estimate of drug-likeness (QED) is 0.350. The highest BCUT2D eigenvalue weighted by atomic mass is 35.5. The van der Waals surface area contributed by atoms with Crippen LogP contribution in [0.1, 0.15) is 29.3 Å². The Labute approximate surface area is 194 Å². The number of nitrogens with one attached hydrogen (secondary N) is 2. The Morgan fingerprint density at radius 2 is 1.97 bits per heavy atom. The van der Waals surface area contributed by atoms with Gasteiger partial charge in [-0.1, -0.05) is 40.7 Å². The van der Waals surface area contributed by atoms with Gasteiger partial charge in [0, 0.05) is 29.1 Å². The van der Waals surface area contributed by atoms with Crippen molar-refractivity contribution in [2.24, 2.45) is 0 Å². The Morgan fingerprint density at radius 1 is 1.16 bits per heavy atom. The summed E-state index contributed by atoms with van der Waals surface area (Å²) in [6.45, 7) is 3.95. The molecular formula is C22H21ClN6O2S. The summed E-state index contributed by atoms with van der Waals surface area (Å²) in [7, 11) is 0. The van der Waals surface area contributed by atoms with Gasteiger partial charge in [-0.25, -0.2) is 4.98 Å². The Morgan fingerprint density at radius 3 is 2.78 bits per heavy atom. The van der Waals surface area contributed by atoms with E-state index in [1.54, 1.807) is 12.1 Å². The van der Waals surface area contributed by atoms with Gasteiger partial charge >= 0.3 is 0 Å². The van der Waals surface area contributed by atoms with Crippen molar-refractivity contribution < 1.29 is 9.32 Å². The Hall–Kier alpha value is -3.17. The van der Waals surface area contributed by atoms with Crippen molar-refractivity contribution >= 4 is 35.0 Å². The molecule has 8 nitrogen and oxygen atoms in total. The second-order valence-corrected chi connectivity index (χ2v) is 8.61. The van der Waals surface area contributed by atoms with E-state index in [1.807, 2.05) is 44.2 Å². The number of nitrogens with zero attached hydrogens (tertiary/aromatic N) is 4. The summed E-state index contributed by atoms with van der Waals surface area (Å²) in [6, 6.07) is 13.3. The van der Waals surface area contributed by atoms with Gasteiger partial charge in [0.15, 0.2) is 11.6 Å². The zero-order valence-electron chi connectivity index (χ0n) is 17.6. The second-order valence-electron chi connectivity index (χ2n) is 7.23. The van der Waals surface area contributed by atoms with Crippen LogP contribution >= 0.6 is 23.4 Å². The number of hydrogen-bond acceptors (Lipinski definition) is 7. The van der Waals surface area contributed by atoms with Crippen molar-refractivity contribution in [2.75, 3.05) is 5.32 Å². The minimum Gasteiger partial charge on any atom is -0.339 e. The molecule has 164 valence electrons. The highest BCUT2D eigenvalue weighted by Crippen LogP contribution is 2.23. The van der Waals surface area contributed by atoms with Crippen LogP contribution in [0.2, 0.25) is 5.02 Å². The van der Waals surface area contributed by atoms with Crippen LogP contribution < -0.4 is 5.32 Å². The first kappa shape index (κ1) is 22.0. The third-order valence-corrected chi connectivity index (χ3v) is 5.75. The SMILES string of the molecule is Cc1ccc(C)c(NC(=O)CCc2nc(CSc3n[nH]c(-c4ccc(Cl)cc4)n3)no2)c1. The molecule has 4 aromatic rings. The van der Waals surface area contributed by atoms with E-state index in [2.05, 4.69) is 30.6 Å². The lowest BCUT2D eigenvalue weighted by atomic mass is 10.1. The Kier molecular flexibility index (Phi) is 6.87. The number of H-pyrrole nitrogens is 1. The summed E-state index contributed by atoms with van der Waals surface area (Å²) in [6.07, 6.45) is 0.628. The van der Waals surface area contributed by atoms with Crippen LogP contribution in [0.4, 0.5) is 5.69 Å². The van der Waals surface area contributed by atoms with E-state index in [1.165, 1.54) is 11.8 Å². The number of anilines is 1. The molecule has 2 aromatic heterocycles. The van der Waals surface area contributed by atoms with E-state index in [0.29, 0.717) is 39.9 Å². The van der Waals surface area contributed by atoms with Crippen molar-refractivity contribution in [1.82, 2.24) is 25.3 Å². The Bertz CT molecular complexity index is 1220. The average molecular weight is 469 g/mol. The standard InChI is InChI=1S/C22H21ClN6O2S/c1-13-3-4-14(2)17(11-13)24-19(30)9-10-20-25-18(29-31-20)12-32-22-26-21(27-28-22)15-5-7-16(23)8-6-15/h3-8,11H,9-10,12H2,1-2H3,(H,24,30)(H,26,27,28). The molecule has 0 bridgehead atoms. The lowest BCUT2D eigenvalue weighted by molar-refractivity contribution is -0.116. The molecule has 0 aliphatic heterocycles. The van der Waals surface area contributed by atoms with Gasteiger partial charge in [0.1, 0.15) is 0 Å². The number of carbonyl (C=O) groups excluding carboxylic acids is 1. The first-order chi connectivity index (χ1) is 15.5. The summed E-state index contributed by atoms with van der Waals surface area (Å²) < 4.78 is 5.27. The minimum absolute atomic E-state index is 0.0942. The van der Waals surface area contributed by atoms with E-state index >= 15 is 0 Å². The summed E-state index contributed by atoms with van der Waals surface area (Å²) in [4.78, 5) is 21.1. The molecule has 2 heterocycles. The molecule has 1 amide bonds. The molecule has 0 unspecified atom stereocenters. The lowest BCUT2D eigenvalue weighted by Crippen LogP contribution is -2.13. The number of benzene rings is 2. The average Bonchev–Trinajstić information content (AvgIpc) is 3.43. The van der Waals surface area contributed by atoms with Crippen LogP contribution in [0.15, 0.2) is 52.1 Å². The zero-order chi connectivity index (χ0) is 22.5. The zero-order valence-corrected chi connectivity index (χ0v) is 19.1. The predicted molar refractivity (Wildman–Crippen MR) is 124 cm³/mol. The van der Waals surface area contributed by atoms with Gasteiger partial charge in [0.2, 0.25) is 17.0 Å². The normalized spacial score (nSPS) is 11.0. The fourth-order valence-corrected chi connectivity index (χ4v) is 3.70. The molecule has 0 fully saturated rings. The third-order valence-electron chi connectivity index (χ3n) is 4.66. The van der Waals surface area contributed by atoms with E-state index in [4.69, 9.17) is 16.1 Å². The van der Waals surface area contributed by atoms with Gasteiger partial charge in [0.25, 0.3) is 0 Å². The molecule has 2 N–H and O–H groups in total. The van der Waals surface area contributed by atoms with Crippen molar-refractivity contribution in [3.8, 4) is 11.4 Å². The smallest absolute Gasteiger partial charge is 0.227 e. The number of thioether (sulfide) groups is 1. The topological polar surface area (TPSA) is 110 Å². The number of rotatable bonds is 8. The Balaban J connectivity index is 1.26. The maximum Gasteiger partial charge on any atom is 0.227 e. The van der Waals surface area contributed by atoms with Crippen molar-refractivity contribution in [3.05, 3.63) is 70.3 Å². The molecule has 4 rings (SSSR count). The van der Waals surface area contributed by atoms with Gasteiger partial charge in [-0.3, -0.25) is 9.89 Å². The minimum atomic E-state index is -0.0942. The van der Waals surface area contributed by atoms with E-state index in [9.17, 15) is 4.79 Å². The maximum atomic E-state index is 12.3. The molecule has 0 atom stereocenters. The van der Waals surface area contributed by atoms with Crippen molar-refractivity contribution in [3.63, 3.8) is 0 Å². The summed E-state index contributed by atoms with van der Waals surface area (Å²) in [5.74, 6) is 1.97. The number of carbonyl (C=O) groups is 1. The molecule has 0 radical (unpaired) electrons. The fraction of sp³-hybridized carbons (Fsp3) is 0.227. The highest BCUT2D eigenvalue weighted by Gasteiger charge is 2.12. The fourth-order valence-electron chi connectivity index (χ4n) is 2.93. The molecule has 0 aliphatic rings. The van der Waals surface area contributed by atoms with Gasteiger partial charge in [-0.15, -0.1) is 5.10 Å². The van der Waals surface area contributed by atoms with Crippen LogP contribution in [-0.4, -0.2) is 31.2 Å². The lowest BCUT2D eigenvalue weighted by Gasteiger charge is -2.08. The monoisotopic (exact) mass is 468 g/mol. The van der Waals surface area contributed by atoms with Gasteiger partial charge < -0.3 is 9.84 Å². The molecular weight excluding hydrogens is 448 g/mol. The predicted octanol–water partition coefficient (Wildman–Crippen LogP) is 4.99. The molecule has 10 heteroatoms. The molecule has 2 aromatic carbocycles. The van der Waals surface area contributed by atoms with Crippen LogP contribution in [0.3, 0.4) is 0 Å². The van der Waals surface area contributed by atoms with Gasteiger partial charge in [-0.05, 0) is 55.3 Å². The number of halogens is 1. The number of amides is 1. The maximum absolute atomic E-state index is 12.3. The number of aromatic amines is 1. The van der Waals surface area contributed by atoms with Crippen molar-refractivity contribution in [2.45, 2.75) is 37.6 Å². The number of aromatic nitrogens is 5. The molecule has 0 aliphatic carbocycles. The van der Waals surface area contributed by atoms with Crippen LogP contribution in [-0.2, 0) is 17.0 Å². The molecule has 0 saturated heterocycles. The van der Waals surface area contributed by atoms with Crippen LogP contribution in [0.5, 0.6) is 0 Å². The highest BCUT2D eigenvalue weighted by molar-refractivity contribution is 7.98. The number of hydrogen-bond donors (Lipinski definition) is 2. The third kappa shape index (κ3) is 5.74. The summed E-state index contributed by atoms with van der Waals surface area (Å²) >= 11 is 7.31. The second kappa shape index (κ2) is 9.97.